The molecule has 0 aliphatic carbocycles. The van der Waals surface area contributed by atoms with Gasteiger partial charge in [-0.3, -0.25) is 9.78 Å². The molecule has 0 aliphatic rings. The number of thiazole rings is 1. The third kappa shape index (κ3) is 3.88. The molecule has 6 nitrogen and oxygen atoms in total. The van der Waals surface area contributed by atoms with E-state index in [-0.39, 0.29) is 5.91 Å². The third-order valence-electron chi connectivity index (χ3n) is 3.20. The van der Waals surface area contributed by atoms with E-state index in [0.717, 1.165) is 5.69 Å². The van der Waals surface area contributed by atoms with Gasteiger partial charge >= 0.3 is 0 Å². The van der Waals surface area contributed by atoms with Crippen LogP contribution >= 0.6 is 11.3 Å². The first-order chi connectivity index (χ1) is 11.8. The minimum absolute atomic E-state index is 0.243. The standard InChI is InChI=1S/C17H15N3O3S/c1-22-16-7-12(17(21)20-13-3-2-6-18-8-13)4-5-15(16)23-9-14-10-24-11-19-14/h2-8,10-11H,9H2,1H3,(H,20,21). The quantitative estimate of drug-likeness (QED) is 0.744. The Balaban J connectivity index is 1.72. The lowest BCUT2D eigenvalue weighted by Crippen LogP contribution is -2.12. The molecule has 2 heterocycles. The molecule has 0 bridgehead atoms. The van der Waals surface area contributed by atoms with Crippen LogP contribution in [0.25, 0.3) is 0 Å². The number of benzene rings is 1. The van der Waals surface area contributed by atoms with Crippen molar-refractivity contribution < 1.29 is 14.3 Å². The number of aromatic nitrogens is 2. The van der Waals surface area contributed by atoms with Crippen LogP contribution in [-0.2, 0) is 6.61 Å². The van der Waals surface area contributed by atoms with Gasteiger partial charge in [0.05, 0.1) is 30.2 Å². The van der Waals surface area contributed by atoms with Gasteiger partial charge in [0.15, 0.2) is 11.5 Å². The number of ether oxygens (including phenoxy) is 2. The van der Waals surface area contributed by atoms with E-state index in [1.165, 1.54) is 18.4 Å². The van der Waals surface area contributed by atoms with Crippen molar-refractivity contribution in [3.8, 4) is 11.5 Å². The van der Waals surface area contributed by atoms with Crippen LogP contribution in [0.4, 0.5) is 5.69 Å². The highest BCUT2D eigenvalue weighted by Crippen LogP contribution is 2.29. The Hall–Kier alpha value is -2.93. The van der Waals surface area contributed by atoms with Gasteiger partial charge in [-0.25, -0.2) is 4.98 Å². The van der Waals surface area contributed by atoms with Crippen LogP contribution in [0, 0.1) is 0 Å². The molecule has 0 fully saturated rings. The number of carbonyl (C=O) groups is 1. The van der Waals surface area contributed by atoms with Crippen LogP contribution in [0.5, 0.6) is 11.5 Å². The average Bonchev–Trinajstić information content (AvgIpc) is 3.14. The molecule has 3 rings (SSSR count). The lowest BCUT2D eigenvalue weighted by atomic mass is 10.2. The molecule has 1 amide bonds. The second-order valence-corrected chi connectivity index (χ2v) is 5.55. The molecule has 1 N–H and O–H groups in total. The van der Waals surface area contributed by atoms with Crippen molar-refractivity contribution in [2.24, 2.45) is 0 Å². The Bertz CT molecular complexity index is 807. The summed E-state index contributed by atoms with van der Waals surface area (Å²) in [4.78, 5) is 20.4. The summed E-state index contributed by atoms with van der Waals surface area (Å²) in [6.07, 6.45) is 3.23. The second-order valence-electron chi connectivity index (χ2n) is 4.83. The van der Waals surface area contributed by atoms with Gasteiger partial charge in [-0.15, -0.1) is 11.3 Å². The number of methoxy groups -OCH3 is 1. The number of rotatable bonds is 6. The van der Waals surface area contributed by atoms with Crippen molar-refractivity contribution in [3.63, 3.8) is 0 Å². The number of anilines is 1. The molecule has 1 aromatic carbocycles. The van der Waals surface area contributed by atoms with Gasteiger partial charge in [-0.2, -0.15) is 0 Å². The SMILES string of the molecule is COc1cc(C(=O)Nc2cccnc2)ccc1OCc1cscn1. The second kappa shape index (κ2) is 7.56. The molecule has 0 spiro atoms. The van der Waals surface area contributed by atoms with E-state index in [1.54, 1.807) is 48.2 Å². The molecule has 7 heteroatoms. The van der Waals surface area contributed by atoms with E-state index in [4.69, 9.17) is 9.47 Å². The molecule has 122 valence electrons. The Labute approximate surface area is 143 Å². The number of nitrogens with zero attached hydrogens (tertiary/aromatic N) is 2. The monoisotopic (exact) mass is 341 g/mol. The molecular weight excluding hydrogens is 326 g/mol. The lowest BCUT2D eigenvalue weighted by Gasteiger charge is -2.11. The number of pyridine rings is 1. The molecule has 0 saturated heterocycles. The van der Waals surface area contributed by atoms with Gasteiger partial charge in [0.1, 0.15) is 6.61 Å². The summed E-state index contributed by atoms with van der Waals surface area (Å²) in [7, 11) is 1.54. The summed E-state index contributed by atoms with van der Waals surface area (Å²) >= 11 is 1.51. The first-order valence-electron chi connectivity index (χ1n) is 7.15. The molecule has 3 aromatic rings. The summed E-state index contributed by atoms with van der Waals surface area (Å²) < 4.78 is 11.0. The molecule has 0 atom stereocenters. The van der Waals surface area contributed by atoms with E-state index in [0.29, 0.717) is 29.4 Å². The Kier molecular flexibility index (Phi) is 5.02. The molecule has 0 saturated carbocycles. The number of amides is 1. The zero-order valence-electron chi connectivity index (χ0n) is 12.9. The van der Waals surface area contributed by atoms with Crippen molar-refractivity contribution >= 4 is 22.9 Å². The fourth-order valence-electron chi connectivity index (χ4n) is 2.03. The van der Waals surface area contributed by atoms with Crippen LogP contribution < -0.4 is 14.8 Å². The average molecular weight is 341 g/mol. The molecule has 2 aromatic heterocycles. The van der Waals surface area contributed by atoms with Gasteiger partial charge < -0.3 is 14.8 Å². The van der Waals surface area contributed by atoms with E-state index in [2.05, 4.69) is 15.3 Å². The highest BCUT2D eigenvalue weighted by molar-refractivity contribution is 7.07. The van der Waals surface area contributed by atoms with E-state index < -0.39 is 0 Å². The molecule has 0 aliphatic heterocycles. The third-order valence-corrected chi connectivity index (χ3v) is 3.84. The van der Waals surface area contributed by atoms with Crippen LogP contribution in [0.3, 0.4) is 0 Å². The topological polar surface area (TPSA) is 73.3 Å². The Morgan fingerprint density at radius 1 is 1.29 bits per heavy atom. The largest absolute Gasteiger partial charge is 0.493 e. The lowest BCUT2D eigenvalue weighted by molar-refractivity contribution is 0.102. The smallest absolute Gasteiger partial charge is 0.255 e. The van der Waals surface area contributed by atoms with Crippen molar-refractivity contribution in [1.29, 1.82) is 0 Å². The number of hydrogen-bond acceptors (Lipinski definition) is 6. The van der Waals surface area contributed by atoms with Crippen molar-refractivity contribution in [2.75, 3.05) is 12.4 Å². The van der Waals surface area contributed by atoms with Crippen LogP contribution in [0.1, 0.15) is 16.1 Å². The van der Waals surface area contributed by atoms with E-state index in [1.807, 2.05) is 5.38 Å². The van der Waals surface area contributed by atoms with Gasteiger partial charge in [-0.05, 0) is 30.3 Å². The summed E-state index contributed by atoms with van der Waals surface area (Å²) in [6.45, 7) is 0.348. The van der Waals surface area contributed by atoms with Crippen LogP contribution in [-0.4, -0.2) is 23.0 Å². The van der Waals surface area contributed by atoms with Crippen molar-refractivity contribution in [3.05, 3.63) is 64.9 Å². The maximum Gasteiger partial charge on any atom is 0.255 e. The molecule has 0 unspecified atom stereocenters. The van der Waals surface area contributed by atoms with Crippen molar-refractivity contribution in [2.45, 2.75) is 6.61 Å². The summed E-state index contributed by atoms with van der Waals surface area (Å²) in [5.41, 5.74) is 3.70. The number of nitrogens with one attached hydrogen (secondary N) is 1. The first-order valence-corrected chi connectivity index (χ1v) is 8.10. The van der Waals surface area contributed by atoms with Gasteiger partial charge in [0.2, 0.25) is 0 Å². The first kappa shape index (κ1) is 15.9. The predicted molar refractivity (Wildman–Crippen MR) is 91.6 cm³/mol. The molecule has 0 radical (unpaired) electrons. The minimum Gasteiger partial charge on any atom is -0.493 e. The minimum atomic E-state index is -0.243. The predicted octanol–water partition coefficient (Wildman–Crippen LogP) is 3.38. The Morgan fingerprint density at radius 2 is 2.21 bits per heavy atom. The maximum atomic E-state index is 12.3. The fraction of sp³-hybridized carbons (Fsp3) is 0.118. The fourth-order valence-corrected chi connectivity index (χ4v) is 2.57. The number of hydrogen-bond donors (Lipinski definition) is 1. The highest BCUT2D eigenvalue weighted by atomic mass is 32.1. The summed E-state index contributed by atoms with van der Waals surface area (Å²) in [6, 6.07) is 8.56. The summed E-state index contributed by atoms with van der Waals surface area (Å²) in [5, 5.41) is 4.70. The van der Waals surface area contributed by atoms with Gasteiger partial charge in [-0.1, -0.05) is 0 Å². The maximum absolute atomic E-state index is 12.3. The Morgan fingerprint density at radius 3 is 2.92 bits per heavy atom. The van der Waals surface area contributed by atoms with E-state index >= 15 is 0 Å². The molecule has 24 heavy (non-hydrogen) atoms. The summed E-state index contributed by atoms with van der Waals surface area (Å²) in [5.74, 6) is 0.805. The highest BCUT2D eigenvalue weighted by Gasteiger charge is 2.12. The van der Waals surface area contributed by atoms with Crippen LogP contribution in [0.2, 0.25) is 0 Å². The van der Waals surface area contributed by atoms with Gasteiger partial charge in [0.25, 0.3) is 5.91 Å². The van der Waals surface area contributed by atoms with Crippen molar-refractivity contribution in [1.82, 2.24) is 9.97 Å². The van der Waals surface area contributed by atoms with Crippen LogP contribution in [0.15, 0.2) is 53.6 Å². The van der Waals surface area contributed by atoms with Gasteiger partial charge in [0, 0.05) is 17.1 Å². The zero-order chi connectivity index (χ0) is 16.8. The number of carbonyl (C=O) groups excluding carboxylic acids is 1. The normalized spacial score (nSPS) is 10.2. The molecular formula is C17H15N3O3S. The van der Waals surface area contributed by atoms with E-state index in [9.17, 15) is 4.79 Å². The zero-order valence-corrected chi connectivity index (χ0v) is 13.7.